The summed E-state index contributed by atoms with van der Waals surface area (Å²) in [6, 6.07) is 2.72. The highest BCUT2D eigenvalue weighted by Crippen LogP contribution is 2.37. The predicted molar refractivity (Wildman–Crippen MR) is 149 cm³/mol. The quantitative estimate of drug-likeness (QED) is 0.143. The Balaban J connectivity index is 3.36. The van der Waals surface area contributed by atoms with Gasteiger partial charge in [0.1, 0.15) is 12.1 Å². The van der Waals surface area contributed by atoms with Crippen molar-refractivity contribution in [1.29, 1.82) is 0 Å². The van der Waals surface area contributed by atoms with Crippen LogP contribution < -0.4 is 15.2 Å². The lowest BCUT2D eigenvalue weighted by Gasteiger charge is -2.31. The van der Waals surface area contributed by atoms with Gasteiger partial charge in [0.05, 0.1) is 19.3 Å². The molecule has 0 saturated heterocycles. The maximum absolute atomic E-state index is 12.4. The molecule has 1 rings (SSSR count). The van der Waals surface area contributed by atoms with E-state index in [2.05, 4.69) is 0 Å². The van der Waals surface area contributed by atoms with E-state index < -0.39 is 54.5 Å². The highest BCUT2D eigenvalue weighted by atomic mass is 16.7. The molecule has 4 atom stereocenters. The highest BCUT2D eigenvalue weighted by molar-refractivity contribution is 5.75. The van der Waals surface area contributed by atoms with E-state index in [1.807, 2.05) is 27.7 Å². The van der Waals surface area contributed by atoms with Crippen LogP contribution in [-0.4, -0.2) is 61.0 Å². The zero-order valence-corrected chi connectivity index (χ0v) is 25.2. The van der Waals surface area contributed by atoms with Crippen molar-refractivity contribution in [2.45, 2.75) is 92.4 Å². The first kappa shape index (κ1) is 35.5. The molecule has 0 amide bonds. The van der Waals surface area contributed by atoms with Gasteiger partial charge in [-0.1, -0.05) is 40.7 Å². The summed E-state index contributed by atoms with van der Waals surface area (Å²) in [6.07, 6.45) is -2.95. The zero-order chi connectivity index (χ0) is 31.3. The van der Waals surface area contributed by atoms with Crippen molar-refractivity contribution in [3.05, 3.63) is 23.8 Å². The number of benzene rings is 1. The second-order valence-corrected chi connectivity index (χ2v) is 11.0. The molecule has 0 aliphatic rings. The molecule has 12 heteroatoms. The van der Waals surface area contributed by atoms with Crippen LogP contribution in [0, 0.1) is 17.8 Å². The molecule has 1 aromatic rings. The van der Waals surface area contributed by atoms with Crippen LogP contribution in [-0.2, 0) is 23.7 Å². The lowest BCUT2D eigenvalue weighted by atomic mass is 9.79. The molecule has 0 bridgehead atoms. The number of hydrogen-bond donors (Lipinski definition) is 2. The fraction of sp³-hybridized carbons (Fsp3) is 0.655. The standard InChI is InChI=1S/C29H45NO11/c1-16(2)11-13-36-27(33)40-22-10-9-21(15-23(22)41-28(34)37-14-12-17(3)4)24(25(30)26(31)32)19(7)20(8)39-29(35)38-18(5)6/h9-10,15-20,24-25H,11-14,30H2,1-8H3,(H,31,32)/t19?,20?,24?,25-/m0/s1. The molecule has 0 saturated carbocycles. The molecule has 0 spiro atoms. The predicted octanol–water partition coefficient (Wildman–Crippen LogP) is 5.89. The molecule has 1 aromatic carbocycles. The highest BCUT2D eigenvalue weighted by Gasteiger charge is 2.36. The smallest absolute Gasteiger partial charge is 0.480 e. The molecule has 0 aromatic heterocycles. The van der Waals surface area contributed by atoms with Crippen LogP contribution in [0.5, 0.6) is 11.5 Å². The third-order valence-corrected chi connectivity index (χ3v) is 6.16. The Kier molecular flexibility index (Phi) is 15.0. The van der Waals surface area contributed by atoms with Gasteiger partial charge in [-0.3, -0.25) is 4.79 Å². The number of hydrogen-bond acceptors (Lipinski definition) is 11. The summed E-state index contributed by atoms with van der Waals surface area (Å²) in [6.45, 7) is 14.7. The Hall–Kier alpha value is -3.54. The number of rotatable bonds is 15. The van der Waals surface area contributed by atoms with Crippen LogP contribution in [0.1, 0.15) is 79.7 Å². The van der Waals surface area contributed by atoms with Gasteiger partial charge in [-0.25, -0.2) is 14.4 Å². The summed E-state index contributed by atoms with van der Waals surface area (Å²) in [7, 11) is 0. The Morgan fingerprint density at radius 2 is 1.27 bits per heavy atom. The van der Waals surface area contributed by atoms with E-state index in [0.29, 0.717) is 24.3 Å². The van der Waals surface area contributed by atoms with E-state index in [9.17, 15) is 24.3 Å². The van der Waals surface area contributed by atoms with E-state index in [0.717, 1.165) is 0 Å². The summed E-state index contributed by atoms with van der Waals surface area (Å²) >= 11 is 0. The molecule has 0 heterocycles. The second kappa shape index (κ2) is 17.3. The SMILES string of the molecule is CC(C)CCOC(=O)Oc1ccc(C(C(C)C(C)OC(=O)OC(C)C)[C@H](N)C(=O)O)cc1OC(=O)OCCC(C)C. The van der Waals surface area contributed by atoms with Crippen molar-refractivity contribution in [1.82, 2.24) is 0 Å². The Morgan fingerprint density at radius 3 is 1.73 bits per heavy atom. The first-order valence-corrected chi connectivity index (χ1v) is 13.8. The van der Waals surface area contributed by atoms with Crippen LogP contribution >= 0.6 is 0 Å². The summed E-state index contributed by atoms with van der Waals surface area (Å²) in [5.74, 6) is -2.64. The van der Waals surface area contributed by atoms with Gasteiger partial charge >= 0.3 is 24.4 Å². The number of carboxylic acids is 1. The largest absolute Gasteiger partial charge is 0.513 e. The number of carbonyl (C=O) groups excluding carboxylic acids is 3. The summed E-state index contributed by atoms with van der Waals surface area (Å²) in [5.41, 5.74) is 6.40. The molecule has 232 valence electrons. The first-order valence-electron chi connectivity index (χ1n) is 13.8. The average Bonchev–Trinajstić information content (AvgIpc) is 2.84. The lowest BCUT2D eigenvalue weighted by molar-refractivity contribution is -0.139. The normalized spacial score (nSPS) is 14.1. The maximum Gasteiger partial charge on any atom is 0.513 e. The minimum atomic E-state index is -1.43. The van der Waals surface area contributed by atoms with E-state index in [-0.39, 0.29) is 30.6 Å². The van der Waals surface area contributed by atoms with Gasteiger partial charge in [0.15, 0.2) is 11.5 Å². The molecule has 0 aliphatic heterocycles. The molecule has 41 heavy (non-hydrogen) atoms. The summed E-state index contributed by atoms with van der Waals surface area (Å²) in [4.78, 5) is 48.8. The van der Waals surface area contributed by atoms with E-state index in [4.69, 9.17) is 34.2 Å². The van der Waals surface area contributed by atoms with Gasteiger partial charge in [0.2, 0.25) is 0 Å². The van der Waals surface area contributed by atoms with Crippen molar-refractivity contribution >= 4 is 24.4 Å². The monoisotopic (exact) mass is 583 g/mol. The Labute approximate surface area is 241 Å². The van der Waals surface area contributed by atoms with Gasteiger partial charge in [0.25, 0.3) is 0 Å². The van der Waals surface area contributed by atoms with Gasteiger partial charge in [-0.05, 0) is 63.1 Å². The summed E-state index contributed by atoms with van der Waals surface area (Å²) in [5, 5.41) is 9.75. The van der Waals surface area contributed by atoms with Crippen molar-refractivity contribution in [2.75, 3.05) is 13.2 Å². The van der Waals surface area contributed by atoms with Crippen LogP contribution in [0.25, 0.3) is 0 Å². The topological polar surface area (TPSA) is 170 Å². The molecule has 3 unspecified atom stereocenters. The van der Waals surface area contributed by atoms with Gasteiger partial charge in [0, 0.05) is 11.8 Å². The van der Waals surface area contributed by atoms with Crippen molar-refractivity contribution in [3.8, 4) is 11.5 Å². The maximum atomic E-state index is 12.4. The molecule has 0 radical (unpaired) electrons. The van der Waals surface area contributed by atoms with E-state index in [1.165, 1.54) is 18.2 Å². The number of carbonyl (C=O) groups is 4. The number of nitrogens with two attached hydrogens (primary N) is 1. The fourth-order valence-corrected chi connectivity index (χ4v) is 3.65. The molecular weight excluding hydrogens is 538 g/mol. The minimum Gasteiger partial charge on any atom is -0.480 e. The van der Waals surface area contributed by atoms with Crippen molar-refractivity contribution in [3.63, 3.8) is 0 Å². The molecule has 0 fully saturated rings. The van der Waals surface area contributed by atoms with E-state index >= 15 is 0 Å². The molecular formula is C29H45NO11. The Bertz CT molecular complexity index is 1010. The minimum absolute atomic E-state index is 0.106. The van der Waals surface area contributed by atoms with Crippen molar-refractivity contribution in [2.24, 2.45) is 23.5 Å². The van der Waals surface area contributed by atoms with E-state index in [1.54, 1.807) is 27.7 Å². The van der Waals surface area contributed by atoms with Crippen molar-refractivity contribution < 1.29 is 52.7 Å². The number of carboxylic acid groups (broad SMARTS) is 1. The van der Waals surface area contributed by atoms with Crippen LogP contribution in [0.4, 0.5) is 14.4 Å². The van der Waals surface area contributed by atoms with Crippen LogP contribution in [0.2, 0.25) is 0 Å². The number of aliphatic carboxylic acids is 1. The van der Waals surface area contributed by atoms with Gasteiger partial charge in [-0.15, -0.1) is 0 Å². The zero-order valence-electron chi connectivity index (χ0n) is 25.2. The molecule has 12 nitrogen and oxygen atoms in total. The Morgan fingerprint density at radius 1 is 0.756 bits per heavy atom. The molecule has 0 aliphatic carbocycles. The number of ether oxygens (including phenoxy) is 6. The third-order valence-electron chi connectivity index (χ3n) is 6.16. The first-order chi connectivity index (χ1) is 19.1. The lowest BCUT2D eigenvalue weighted by Crippen LogP contribution is -2.42. The van der Waals surface area contributed by atoms with Gasteiger partial charge in [-0.2, -0.15) is 0 Å². The van der Waals surface area contributed by atoms with Crippen LogP contribution in [0.3, 0.4) is 0 Å². The van der Waals surface area contributed by atoms with Gasteiger partial charge < -0.3 is 39.3 Å². The molecule has 3 N–H and O–H groups in total. The average molecular weight is 584 g/mol. The fourth-order valence-electron chi connectivity index (χ4n) is 3.65. The second-order valence-electron chi connectivity index (χ2n) is 11.0. The third kappa shape index (κ3) is 13.1. The summed E-state index contributed by atoms with van der Waals surface area (Å²) < 4.78 is 31.2. The van der Waals surface area contributed by atoms with Crippen LogP contribution in [0.15, 0.2) is 18.2 Å².